The Morgan fingerprint density at radius 3 is 2.52 bits per heavy atom. The molecule has 0 spiro atoms. The minimum absolute atomic E-state index is 0.222. The highest BCUT2D eigenvalue weighted by molar-refractivity contribution is 6.20. The number of imidazole rings is 1. The van der Waals surface area contributed by atoms with Crippen LogP contribution in [0.15, 0.2) is 12.1 Å². The molecule has 1 aliphatic heterocycles. The second-order valence-electron chi connectivity index (χ2n) is 5.74. The summed E-state index contributed by atoms with van der Waals surface area (Å²) >= 11 is 6.29. The number of piperazine rings is 1. The molecule has 0 radical (unpaired) electrons. The first-order valence-electron chi connectivity index (χ1n) is 7.23. The van der Waals surface area contributed by atoms with Crippen LogP contribution in [0, 0.1) is 12.7 Å². The minimum Gasteiger partial charge on any atom is -0.308 e. The van der Waals surface area contributed by atoms with Gasteiger partial charge in [0.15, 0.2) is 0 Å². The van der Waals surface area contributed by atoms with Crippen molar-refractivity contribution in [2.75, 3.05) is 38.2 Å². The van der Waals surface area contributed by atoms with Crippen molar-refractivity contribution < 1.29 is 4.39 Å². The number of aryl methyl sites for hydroxylation is 1. The lowest BCUT2D eigenvalue weighted by molar-refractivity contribution is 0.287. The van der Waals surface area contributed by atoms with Gasteiger partial charge in [-0.25, -0.2) is 14.1 Å². The van der Waals surface area contributed by atoms with Crippen molar-refractivity contribution in [1.82, 2.24) is 14.6 Å². The second kappa shape index (κ2) is 5.46. The van der Waals surface area contributed by atoms with Crippen LogP contribution in [-0.2, 0) is 0 Å². The van der Waals surface area contributed by atoms with Gasteiger partial charge in [-0.05, 0) is 32.5 Å². The van der Waals surface area contributed by atoms with Gasteiger partial charge in [-0.2, -0.15) is 0 Å². The van der Waals surface area contributed by atoms with Gasteiger partial charge in [-0.3, -0.25) is 0 Å². The number of nitrogens with zero attached hydrogens (tertiary/aromatic N) is 4. The van der Waals surface area contributed by atoms with E-state index < -0.39 is 0 Å². The van der Waals surface area contributed by atoms with E-state index in [0.29, 0.717) is 11.1 Å². The van der Waals surface area contributed by atoms with Gasteiger partial charge in [0.1, 0.15) is 11.6 Å². The maximum absolute atomic E-state index is 13.8. The zero-order valence-electron chi connectivity index (χ0n) is 12.6. The average molecular weight is 311 g/mol. The summed E-state index contributed by atoms with van der Waals surface area (Å²) in [5.41, 5.74) is 2.23. The van der Waals surface area contributed by atoms with Crippen molar-refractivity contribution in [2.45, 2.75) is 19.2 Å². The Hall–Kier alpha value is -1.33. The van der Waals surface area contributed by atoms with Crippen LogP contribution in [0.5, 0.6) is 0 Å². The third-order valence-electron chi connectivity index (χ3n) is 4.05. The van der Waals surface area contributed by atoms with Gasteiger partial charge in [0.25, 0.3) is 0 Å². The first-order valence-corrected chi connectivity index (χ1v) is 7.67. The maximum Gasteiger partial charge on any atom is 0.146 e. The Bertz CT molecular complexity index is 659. The highest BCUT2D eigenvalue weighted by atomic mass is 35.5. The maximum atomic E-state index is 13.8. The Morgan fingerprint density at radius 1 is 1.24 bits per heavy atom. The lowest BCUT2D eigenvalue weighted by Gasteiger charge is -2.36. The quantitative estimate of drug-likeness (QED) is 0.797. The summed E-state index contributed by atoms with van der Waals surface area (Å²) < 4.78 is 15.9. The van der Waals surface area contributed by atoms with Crippen LogP contribution in [0.3, 0.4) is 0 Å². The average Bonchev–Trinajstić information content (AvgIpc) is 2.79. The van der Waals surface area contributed by atoms with Crippen LogP contribution in [0.4, 0.5) is 4.39 Å². The molecule has 1 aromatic carbocycles. The first-order chi connectivity index (χ1) is 9.97. The number of aromatic nitrogens is 2. The van der Waals surface area contributed by atoms with E-state index in [1.165, 1.54) is 6.07 Å². The molecule has 0 aliphatic carbocycles. The van der Waals surface area contributed by atoms with E-state index >= 15 is 0 Å². The lowest BCUT2D eigenvalue weighted by atomic mass is 10.2. The molecule has 21 heavy (non-hydrogen) atoms. The van der Waals surface area contributed by atoms with Crippen LogP contribution in [-0.4, -0.2) is 47.8 Å². The first kappa shape index (κ1) is 14.6. The van der Waals surface area contributed by atoms with Gasteiger partial charge >= 0.3 is 0 Å². The van der Waals surface area contributed by atoms with E-state index in [0.717, 1.165) is 37.5 Å². The molecule has 3 rings (SSSR count). The number of hydrogen-bond acceptors (Lipinski definition) is 3. The monoisotopic (exact) mass is 310 g/mol. The predicted octanol–water partition coefficient (Wildman–Crippen LogP) is 2.67. The normalized spacial score (nSPS) is 18.4. The topological polar surface area (TPSA) is 24.3 Å². The molecular weight excluding hydrogens is 291 g/mol. The van der Waals surface area contributed by atoms with Crippen LogP contribution in [0.25, 0.3) is 11.0 Å². The third kappa shape index (κ3) is 2.60. The van der Waals surface area contributed by atoms with Crippen LogP contribution in [0.2, 0.25) is 0 Å². The fraction of sp³-hybridized carbons (Fsp3) is 0.533. The molecule has 1 saturated heterocycles. The fourth-order valence-electron chi connectivity index (χ4n) is 2.76. The summed E-state index contributed by atoms with van der Waals surface area (Å²) in [4.78, 5) is 6.84. The molecule has 0 saturated carbocycles. The number of hydrogen-bond donors (Lipinski definition) is 0. The summed E-state index contributed by atoms with van der Waals surface area (Å²) in [6, 6.07) is 3.36. The van der Waals surface area contributed by atoms with Crippen LogP contribution in [0.1, 0.15) is 23.7 Å². The van der Waals surface area contributed by atoms with Crippen molar-refractivity contribution >= 4 is 22.6 Å². The van der Waals surface area contributed by atoms with E-state index in [2.05, 4.69) is 26.6 Å². The van der Waals surface area contributed by atoms with E-state index in [1.807, 2.05) is 13.0 Å². The summed E-state index contributed by atoms with van der Waals surface area (Å²) in [6.07, 6.45) is 0. The fourth-order valence-corrected chi connectivity index (χ4v) is 2.90. The summed E-state index contributed by atoms with van der Waals surface area (Å²) in [7, 11) is 2.12. The van der Waals surface area contributed by atoms with Gasteiger partial charge in [0.05, 0.1) is 16.4 Å². The summed E-state index contributed by atoms with van der Waals surface area (Å²) in [6.45, 7) is 7.49. The zero-order valence-corrected chi connectivity index (χ0v) is 13.4. The molecule has 1 aliphatic rings. The van der Waals surface area contributed by atoms with Crippen molar-refractivity contribution in [3.63, 3.8) is 0 Å². The Kier molecular flexibility index (Phi) is 3.80. The highest BCUT2D eigenvalue weighted by Gasteiger charge is 2.23. The number of halogens is 2. The Morgan fingerprint density at radius 2 is 1.90 bits per heavy atom. The summed E-state index contributed by atoms with van der Waals surface area (Å²) in [5.74, 6) is 0.556. The molecule has 0 N–H and O–H groups in total. The third-order valence-corrected chi connectivity index (χ3v) is 4.25. The van der Waals surface area contributed by atoms with Crippen molar-refractivity contribution in [2.24, 2.45) is 0 Å². The molecule has 0 amide bonds. The molecule has 1 unspecified atom stereocenters. The molecule has 2 heterocycles. The molecule has 0 bridgehead atoms. The minimum atomic E-state index is -0.223. The van der Waals surface area contributed by atoms with Gasteiger partial charge in [-0.1, -0.05) is 0 Å². The van der Waals surface area contributed by atoms with E-state index in [-0.39, 0.29) is 11.2 Å². The molecule has 6 heteroatoms. The van der Waals surface area contributed by atoms with Crippen LogP contribution < -0.4 is 5.01 Å². The molecule has 1 aromatic heterocycles. The zero-order chi connectivity index (χ0) is 15.1. The molecule has 1 atom stereocenters. The lowest BCUT2D eigenvalue weighted by Crippen LogP contribution is -2.50. The van der Waals surface area contributed by atoms with Crippen molar-refractivity contribution in [1.29, 1.82) is 0 Å². The van der Waals surface area contributed by atoms with Gasteiger partial charge in [0.2, 0.25) is 0 Å². The van der Waals surface area contributed by atoms with Crippen molar-refractivity contribution in [3.05, 3.63) is 29.3 Å². The van der Waals surface area contributed by atoms with E-state index in [1.54, 1.807) is 6.92 Å². The Balaban J connectivity index is 2.14. The molecule has 1 fully saturated rings. The van der Waals surface area contributed by atoms with E-state index in [4.69, 9.17) is 11.6 Å². The Labute approximate surface area is 129 Å². The highest BCUT2D eigenvalue weighted by Crippen LogP contribution is 2.27. The number of fused-ring (bicyclic) bond motifs is 1. The van der Waals surface area contributed by atoms with Crippen molar-refractivity contribution in [3.8, 4) is 0 Å². The SMILES string of the molecule is Cc1cc2c(cc1F)nc(C(C)Cl)n2N1CCN(C)CC1. The molecule has 2 aromatic rings. The molecule has 4 nitrogen and oxygen atoms in total. The van der Waals surface area contributed by atoms with Gasteiger partial charge in [-0.15, -0.1) is 11.6 Å². The standard InChI is InChI=1S/C15H20ClFN4/c1-10-8-14-13(9-12(10)17)18-15(11(2)16)21(14)20-6-4-19(3)5-7-20/h8-9,11H,4-7H2,1-3H3. The van der Waals surface area contributed by atoms with Gasteiger partial charge in [0, 0.05) is 32.2 Å². The number of benzene rings is 1. The second-order valence-corrected chi connectivity index (χ2v) is 6.40. The molecule has 114 valence electrons. The smallest absolute Gasteiger partial charge is 0.146 e. The number of rotatable bonds is 2. The number of alkyl halides is 1. The summed E-state index contributed by atoms with van der Waals surface area (Å²) in [5, 5.41) is 2.03. The number of likely N-dealkylation sites (N-methyl/N-ethyl adjacent to an activating group) is 1. The largest absolute Gasteiger partial charge is 0.308 e. The van der Waals surface area contributed by atoms with Crippen LogP contribution >= 0.6 is 11.6 Å². The molecular formula is C15H20ClFN4. The predicted molar refractivity (Wildman–Crippen MR) is 84.1 cm³/mol. The van der Waals surface area contributed by atoms with Gasteiger partial charge < -0.3 is 9.91 Å². The van der Waals surface area contributed by atoms with E-state index in [9.17, 15) is 4.39 Å².